The van der Waals surface area contributed by atoms with Crippen LogP contribution in [0, 0.1) is 0 Å². The molecule has 164 valence electrons. The van der Waals surface area contributed by atoms with E-state index in [1.54, 1.807) is 24.3 Å². The number of benzene rings is 3. The Balaban J connectivity index is 1.56. The van der Waals surface area contributed by atoms with Crippen molar-refractivity contribution in [3.05, 3.63) is 83.9 Å². The molecule has 3 aromatic rings. The van der Waals surface area contributed by atoms with Gasteiger partial charge in [0, 0.05) is 6.92 Å². The van der Waals surface area contributed by atoms with Gasteiger partial charge in [-0.3, -0.25) is 4.79 Å². The van der Waals surface area contributed by atoms with Crippen LogP contribution in [-0.2, 0) is 4.79 Å². The molecule has 0 aliphatic rings. The van der Waals surface area contributed by atoms with Crippen molar-refractivity contribution in [1.29, 1.82) is 0 Å². The third-order valence-corrected chi connectivity index (χ3v) is 4.16. The molecule has 0 N–H and O–H groups in total. The van der Waals surface area contributed by atoms with E-state index in [4.69, 9.17) is 18.9 Å². The molecule has 0 aliphatic heterocycles. The zero-order chi connectivity index (χ0) is 22.9. The molecule has 0 aliphatic carbocycles. The zero-order valence-corrected chi connectivity index (χ0v) is 17.7. The molecule has 7 heteroatoms. The number of esters is 3. The molecular weight excluding hydrogens is 412 g/mol. The number of hydrogen-bond donors (Lipinski definition) is 0. The molecule has 0 fully saturated rings. The number of rotatable bonds is 8. The van der Waals surface area contributed by atoms with E-state index in [2.05, 4.69) is 0 Å². The van der Waals surface area contributed by atoms with E-state index in [1.807, 2.05) is 6.92 Å². The first-order valence-corrected chi connectivity index (χ1v) is 10.0. The Labute approximate surface area is 185 Å². The van der Waals surface area contributed by atoms with Crippen LogP contribution in [0.1, 0.15) is 41.0 Å². The van der Waals surface area contributed by atoms with Crippen molar-refractivity contribution >= 4 is 17.9 Å². The molecule has 0 atom stereocenters. The molecule has 0 amide bonds. The molecule has 3 rings (SSSR count). The highest BCUT2D eigenvalue weighted by molar-refractivity contribution is 5.92. The molecule has 0 aromatic heterocycles. The summed E-state index contributed by atoms with van der Waals surface area (Å²) < 4.78 is 21.1. The van der Waals surface area contributed by atoms with Crippen molar-refractivity contribution in [3.8, 4) is 23.0 Å². The SMILES string of the molecule is CCCOc1ccc(C(=O)Oc2ccc(C(=O)Oc3ccc(OC(C)=O)cc3)cc2)cc1. The highest BCUT2D eigenvalue weighted by atomic mass is 16.5. The first kappa shape index (κ1) is 22.6. The van der Waals surface area contributed by atoms with Crippen LogP contribution in [0.3, 0.4) is 0 Å². The van der Waals surface area contributed by atoms with Crippen LogP contribution < -0.4 is 18.9 Å². The van der Waals surface area contributed by atoms with Gasteiger partial charge in [-0.15, -0.1) is 0 Å². The molecule has 3 aromatic carbocycles. The molecule has 0 bridgehead atoms. The third-order valence-electron chi connectivity index (χ3n) is 4.16. The van der Waals surface area contributed by atoms with E-state index in [0.717, 1.165) is 6.42 Å². The maximum Gasteiger partial charge on any atom is 0.343 e. The average molecular weight is 434 g/mol. The fourth-order valence-corrected chi connectivity index (χ4v) is 2.64. The summed E-state index contributed by atoms with van der Waals surface area (Å²) in [4.78, 5) is 35.6. The predicted molar refractivity (Wildman–Crippen MR) is 116 cm³/mol. The molecular formula is C25H22O7. The minimum absolute atomic E-state index is 0.284. The molecule has 0 unspecified atom stereocenters. The van der Waals surface area contributed by atoms with Crippen LogP contribution in [0.5, 0.6) is 23.0 Å². The van der Waals surface area contributed by atoms with E-state index >= 15 is 0 Å². The fraction of sp³-hybridized carbons (Fsp3) is 0.160. The Hall–Kier alpha value is -4.13. The van der Waals surface area contributed by atoms with Crippen LogP contribution in [0.4, 0.5) is 0 Å². The van der Waals surface area contributed by atoms with Crippen molar-refractivity contribution in [1.82, 2.24) is 0 Å². The van der Waals surface area contributed by atoms with E-state index in [-0.39, 0.29) is 5.56 Å². The van der Waals surface area contributed by atoms with E-state index in [9.17, 15) is 14.4 Å². The standard InChI is InChI=1S/C25H22O7/c1-3-16-29-20-8-4-18(5-9-20)24(27)31-22-10-6-19(7-11-22)25(28)32-23-14-12-21(13-15-23)30-17(2)26/h4-15H,3,16H2,1-2H3. The van der Waals surface area contributed by atoms with Crippen LogP contribution in [0.15, 0.2) is 72.8 Å². The second kappa shape index (κ2) is 10.8. The highest BCUT2D eigenvalue weighted by Crippen LogP contribution is 2.20. The van der Waals surface area contributed by atoms with E-state index < -0.39 is 17.9 Å². The van der Waals surface area contributed by atoms with Crippen LogP contribution in [0.25, 0.3) is 0 Å². The van der Waals surface area contributed by atoms with Crippen molar-refractivity contribution in [2.45, 2.75) is 20.3 Å². The van der Waals surface area contributed by atoms with Gasteiger partial charge < -0.3 is 18.9 Å². The van der Waals surface area contributed by atoms with Crippen LogP contribution >= 0.6 is 0 Å². The Morgan fingerprint density at radius 1 is 0.594 bits per heavy atom. The summed E-state index contributed by atoms with van der Waals surface area (Å²) in [6.45, 7) is 3.92. The average Bonchev–Trinajstić information content (AvgIpc) is 2.79. The monoisotopic (exact) mass is 434 g/mol. The van der Waals surface area contributed by atoms with Gasteiger partial charge >= 0.3 is 17.9 Å². The first-order valence-electron chi connectivity index (χ1n) is 10.0. The van der Waals surface area contributed by atoms with Gasteiger partial charge in [-0.25, -0.2) is 9.59 Å². The molecule has 0 radical (unpaired) electrons. The molecule has 0 heterocycles. The van der Waals surface area contributed by atoms with Gasteiger partial charge in [-0.1, -0.05) is 6.92 Å². The lowest BCUT2D eigenvalue weighted by Gasteiger charge is -2.08. The quantitative estimate of drug-likeness (QED) is 0.370. The van der Waals surface area contributed by atoms with Crippen LogP contribution in [0.2, 0.25) is 0 Å². The maximum absolute atomic E-state index is 12.3. The zero-order valence-electron chi connectivity index (χ0n) is 17.7. The van der Waals surface area contributed by atoms with Crippen molar-refractivity contribution in [2.75, 3.05) is 6.61 Å². The normalized spacial score (nSPS) is 10.2. The fourth-order valence-electron chi connectivity index (χ4n) is 2.64. The van der Waals surface area contributed by atoms with Gasteiger partial charge in [-0.05, 0) is 79.2 Å². The first-order chi connectivity index (χ1) is 15.4. The number of ether oxygens (including phenoxy) is 4. The molecule has 32 heavy (non-hydrogen) atoms. The van der Waals surface area contributed by atoms with Gasteiger partial charge in [0.05, 0.1) is 17.7 Å². The highest BCUT2D eigenvalue weighted by Gasteiger charge is 2.12. The lowest BCUT2D eigenvalue weighted by atomic mass is 10.2. The Kier molecular flexibility index (Phi) is 7.59. The third kappa shape index (κ3) is 6.43. The van der Waals surface area contributed by atoms with Crippen molar-refractivity contribution in [3.63, 3.8) is 0 Å². The van der Waals surface area contributed by atoms with Gasteiger partial charge in [0.25, 0.3) is 0 Å². The number of hydrogen-bond acceptors (Lipinski definition) is 7. The van der Waals surface area contributed by atoms with Gasteiger partial charge in [0.1, 0.15) is 23.0 Å². The Morgan fingerprint density at radius 2 is 0.969 bits per heavy atom. The smallest absolute Gasteiger partial charge is 0.343 e. The lowest BCUT2D eigenvalue weighted by Crippen LogP contribution is -2.10. The van der Waals surface area contributed by atoms with Crippen LogP contribution in [-0.4, -0.2) is 24.5 Å². The summed E-state index contributed by atoms with van der Waals surface area (Å²) in [5.74, 6) is 0.102. The largest absolute Gasteiger partial charge is 0.494 e. The molecule has 7 nitrogen and oxygen atoms in total. The number of carbonyl (C=O) groups excluding carboxylic acids is 3. The minimum Gasteiger partial charge on any atom is -0.494 e. The Bertz CT molecular complexity index is 1070. The molecule has 0 spiro atoms. The van der Waals surface area contributed by atoms with E-state index in [1.165, 1.54) is 55.5 Å². The second-order valence-electron chi connectivity index (χ2n) is 6.74. The predicted octanol–water partition coefficient (Wildman–Crippen LogP) is 4.84. The number of carbonyl (C=O) groups is 3. The van der Waals surface area contributed by atoms with Gasteiger partial charge in [0.2, 0.25) is 0 Å². The maximum atomic E-state index is 12.3. The summed E-state index contributed by atoms with van der Waals surface area (Å²) in [6, 6.07) is 18.8. The molecule has 0 saturated heterocycles. The summed E-state index contributed by atoms with van der Waals surface area (Å²) in [5.41, 5.74) is 0.667. The van der Waals surface area contributed by atoms with E-state index in [0.29, 0.717) is 35.2 Å². The van der Waals surface area contributed by atoms with Crippen molar-refractivity contribution < 1.29 is 33.3 Å². The lowest BCUT2D eigenvalue weighted by molar-refractivity contribution is -0.131. The summed E-state index contributed by atoms with van der Waals surface area (Å²) in [5, 5.41) is 0. The topological polar surface area (TPSA) is 88.1 Å². The van der Waals surface area contributed by atoms with Crippen molar-refractivity contribution in [2.24, 2.45) is 0 Å². The summed E-state index contributed by atoms with van der Waals surface area (Å²) in [6.07, 6.45) is 0.899. The summed E-state index contributed by atoms with van der Waals surface area (Å²) in [7, 11) is 0. The summed E-state index contributed by atoms with van der Waals surface area (Å²) >= 11 is 0. The van der Waals surface area contributed by atoms with Gasteiger partial charge in [0.15, 0.2) is 0 Å². The second-order valence-corrected chi connectivity index (χ2v) is 6.74. The Morgan fingerprint density at radius 3 is 1.38 bits per heavy atom. The molecule has 0 saturated carbocycles. The minimum atomic E-state index is -0.578. The van der Waals surface area contributed by atoms with Gasteiger partial charge in [-0.2, -0.15) is 0 Å².